The largest absolute Gasteiger partial charge is 0.505 e. The second-order valence-electron chi connectivity index (χ2n) is 2.74. The lowest BCUT2D eigenvalue weighted by atomic mass is 10.3. The van der Waals surface area contributed by atoms with E-state index in [1.807, 2.05) is 0 Å². The van der Waals surface area contributed by atoms with Crippen LogP contribution in [0.25, 0.3) is 0 Å². The van der Waals surface area contributed by atoms with Crippen LogP contribution in [0, 0.1) is 5.82 Å². The number of aromatic hydroxyl groups is 1. The van der Waals surface area contributed by atoms with Gasteiger partial charge in [0, 0.05) is 4.47 Å². The number of phenols is 1. The van der Waals surface area contributed by atoms with Gasteiger partial charge in [0.25, 0.3) is 0 Å². The van der Waals surface area contributed by atoms with Crippen molar-refractivity contribution in [2.24, 2.45) is 0 Å². The Kier molecular flexibility index (Phi) is 3.41. The summed E-state index contributed by atoms with van der Waals surface area (Å²) in [5.74, 6) is -4.52. The Morgan fingerprint density at radius 2 is 1.94 bits per heavy atom. The van der Waals surface area contributed by atoms with Gasteiger partial charge < -0.3 is 10.4 Å². The number of hydrogen-bond donors (Lipinski definition) is 2. The van der Waals surface area contributed by atoms with Crippen molar-refractivity contribution in [2.75, 3.05) is 5.32 Å². The summed E-state index contributed by atoms with van der Waals surface area (Å²) in [6.45, 7) is 0. The van der Waals surface area contributed by atoms with Crippen LogP contribution in [-0.4, -0.2) is 17.2 Å². The van der Waals surface area contributed by atoms with E-state index in [2.05, 4.69) is 15.9 Å². The van der Waals surface area contributed by atoms with Gasteiger partial charge in [0.1, 0.15) is 0 Å². The minimum Gasteiger partial charge on any atom is -0.505 e. The molecule has 0 fully saturated rings. The van der Waals surface area contributed by atoms with Crippen molar-refractivity contribution < 1.29 is 27.5 Å². The van der Waals surface area contributed by atoms with Gasteiger partial charge in [-0.2, -0.15) is 13.2 Å². The minimum absolute atomic E-state index is 0.129. The van der Waals surface area contributed by atoms with Gasteiger partial charge in [-0.3, -0.25) is 4.79 Å². The van der Waals surface area contributed by atoms with E-state index in [1.165, 1.54) is 5.32 Å². The maximum atomic E-state index is 13.1. The average molecular weight is 302 g/mol. The summed E-state index contributed by atoms with van der Waals surface area (Å²) < 4.78 is 48.8. The fourth-order valence-electron chi connectivity index (χ4n) is 0.859. The van der Waals surface area contributed by atoms with Crippen molar-refractivity contribution in [1.29, 1.82) is 0 Å². The Hall–Kier alpha value is -1.31. The predicted molar refractivity (Wildman–Crippen MR) is 50.4 cm³/mol. The van der Waals surface area contributed by atoms with Gasteiger partial charge in [0.2, 0.25) is 0 Å². The molecule has 0 saturated carbocycles. The van der Waals surface area contributed by atoms with Crippen LogP contribution in [0.4, 0.5) is 23.2 Å². The number of rotatable bonds is 1. The molecule has 0 unspecified atom stereocenters. The Balaban J connectivity index is 3.03. The molecule has 0 bridgehead atoms. The molecule has 2 N–H and O–H groups in total. The molecule has 0 atom stereocenters. The number of alkyl halides is 3. The minimum atomic E-state index is -5.12. The monoisotopic (exact) mass is 301 g/mol. The van der Waals surface area contributed by atoms with Gasteiger partial charge in [-0.05, 0) is 12.1 Å². The average Bonchev–Trinajstić information content (AvgIpc) is 2.11. The molecule has 0 aliphatic heterocycles. The molecule has 0 heterocycles. The first-order valence-corrected chi connectivity index (χ1v) is 4.57. The molecule has 1 aromatic rings. The van der Waals surface area contributed by atoms with E-state index < -0.39 is 29.3 Å². The lowest BCUT2D eigenvalue weighted by Gasteiger charge is -2.09. The summed E-state index contributed by atoms with van der Waals surface area (Å²) >= 11 is 2.83. The van der Waals surface area contributed by atoms with E-state index >= 15 is 0 Å². The third-order valence-electron chi connectivity index (χ3n) is 1.52. The van der Waals surface area contributed by atoms with Crippen LogP contribution in [0.3, 0.4) is 0 Å². The molecule has 3 nitrogen and oxygen atoms in total. The van der Waals surface area contributed by atoms with Gasteiger partial charge in [-0.15, -0.1) is 0 Å². The fourth-order valence-corrected chi connectivity index (χ4v) is 1.30. The molecule has 8 heteroatoms. The zero-order chi connectivity index (χ0) is 12.5. The van der Waals surface area contributed by atoms with E-state index in [0.29, 0.717) is 0 Å². The van der Waals surface area contributed by atoms with E-state index in [-0.39, 0.29) is 4.47 Å². The molecule has 88 valence electrons. The molecular formula is C8H4BrF4NO2. The van der Waals surface area contributed by atoms with Crippen LogP contribution < -0.4 is 5.32 Å². The van der Waals surface area contributed by atoms with Crippen molar-refractivity contribution in [1.82, 2.24) is 0 Å². The number of nitrogens with one attached hydrogen (secondary N) is 1. The standard InChI is InChI=1S/C8H4BrF4NO2/c9-3-1-4(6(10)5(15)2-3)14-7(16)8(11,12)13/h1-2,15H,(H,14,16). The highest BCUT2D eigenvalue weighted by atomic mass is 79.9. The second-order valence-corrected chi connectivity index (χ2v) is 3.65. The number of carbonyl (C=O) groups excluding carboxylic acids is 1. The van der Waals surface area contributed by atoms with Crippen molar-refractivity contribution in [3.05, 3.63) is 22.4 Å². The van der Waals surface area contributed by atoms with Gasteiger partial charge in [-0.25, -0.2) is 4.39 Å². The highest BCUT2D eigenvalue weighted by molar-refractivity contribution is 9.10. The zero-order valence-corrected chi connectivity index (χ0v) is 8.99. The molecule has 0 aromatic heterocycles. The summed E-state index contributed by atoms with van der Waals surface area (Å²) in [6.07, 6.45) is -5.12. The summed E-state index contributed by atoms with van der Waals surface area (Å²) in [5.41, 5.74) is -0.755. The molecule has 0 radical (unpaired) electrons. The Morgan fingerprint density at radius 3 is 2.44 bits per heavy atom. The van der Waals surface area contributed by atoms with Gasteiger partial charge in [-0.1, -0.05) is 15.9 Å². The maximum absolute atomic E-state index is 13.1. The molecule has 16 heavy (non-hydrogen) atoms. The van der Waals surface area contributed by atoms with Crippen molar-refractivity contribution in [3.8, 4) is 5.75 Å². The summed E-state index contributed by atoms with van der Waals surface area (Å²) in [5, 5.41) is 10.3. The van der Waals surface area contributed by atoms with Gasteiger partial charge in [0.05, 0.1) is 5.69 Å². The van der Waals surface area contributed by atoms with E-state index in [1.54, 1.807) is 0 Å². The van der Waals surface area contributed by atoms with Gasteiger partial charge >= 0.3 is 12.1 Å². The molecule has 1 aromatic carbocycles. The normalized spacial score (nSPS) is 11.3. The Bertz CT molecular complexity index is 433. The number of phenolic OH excluding ortho intramolecular Hbond substituents is 1. The van der Waals surface area contributed by atoms with E-state index in [4.69, 9.17) is 5.11 Å². The first kappa shape index (κ1) is 12.8. The maximum Gasteiger partial charge on any atom is 0.471 e. The summed E-state index contributed by atoms with van der Waals surface area (Å²) in [7, 11) is 0. The number of anilines is 1. The number of benzene rings is 1. The highest BCUT2D eigenvalue weighted by Crippen LogP contribution is 2.29. The van der Waals surface area contributed by atoms with Crippen molar-refractivity contribution >= 4 is 27.5 Å². The molecule has 0 saturated heterocycles. The lowest BCUT2D eigenvalue weighted by Crippen LogP contribution is -2.30. The van der Waals surface area contributed by atoms with Crippen LogP contribution in [0.15, 0.2) is 16.6 Å². The highest BCUT2D eigenvalue weighted by Gasteiger charge is 2.39. The van der Waals surface area contributed by atoms with Crippen LogP contribution in [0.2, 0.25) is 0 Å². The lowest BCUT2D eigenvalue weighted by molar-refractivity contribution is -0.167. The second kappa shape index (κ2) is 4.28. The molecular weight excluding hydrogens is 298 g/mol. The predicted octanol–water partition coefficient (Wildman–Crippen LogP) is 2.79. The third-order valence-corrected chi connectivity index (χ3v) is 1.98. The molecule has 1 amide bonds. The first-order valence-electron chi connectivity index (χ1n) is 3.78. The van der Waals surface area contributed by atoms with Crippen molar-refractivity contribution in [3.63, 3.8) is 0 Å². The summed E-state index contributed by atoms with van der Waals surface area (Å²) in [6, 6.07) is 1.84. The van der Waals surface area contributed by atoms with E-state index in [0.717, 1.165) is 12.1 Å². The number of carbonyl (C=O) groups is 1. The third kappa shape index (κ3) is 2.84. The van der Waals surface area contributed by atoms with Crippen LogP contribution in [-0.2, 0) is 4.79 Å². The molecule has 0 aliphatic carbocycles. The first-order chi connectivity index (χ1) is 7.21. The SMILES string of the molecule is O=C(Nc1cc(Br)cc(O)c1F)C(F)(F)F. The number of amides is 1. The number of hydrogen-bond acceptors (Lipinski definition) is 2. The zero-order valence-electron chi connectivity index (χ0n) is 7.40. The quantitative estimate of drug-likeness (QED) is 0.784. The molecule has 0 aliphatic rings. The Morgan fingerprint density at radius 1 is 1.38 bits per heavy atom. The molecule has 0 spiro atoms. The van der Waals surface area contributed by atoms with Crippen LogP contribution >= 0.6 is 15.9 Å². The fraction of sp³-hybridized carbons (Fsp3) is 0.125. The van der Waals surface area contributed by atoms with Gasteiger partial charge in [0.15, 0.2) is 11.6 Å². The molecule has 1 rings (SSSR count). The smallest absolute Gasteiger partial charge is 0.471 e. The summed E-state index contributed by atoms with van der Waals surface area (Å²) in [4.78, 5) is 10.5. The number of halogens is 5. The van der Waals surface area contributed by atoms with Crippen molar-refractivity contribution in [2.45, 2.75) is 6.18 Å². The Labute approximate surface area is 95.2 Å². The van der Waals surface area contributed by atoms with Crippen LogP contribution in [0.1, 0.15) is 0 Å². The topological polar surface area (TPSA) is 49.3 Å². The van der Waals surface area contributed by atoms with E-state index in [9.17, 15) is 22.4 Å². The van der Waals surface area contributed by atoms with Crippen LogP contribution in [0.5, 0.6) is 5.75 Å².